The molecule has 1 unspecified atom stereocenters. The fourth-order valence-corrected chi connectivity index (χ4v) is 4.74. The number of nitrogens with two attached hydrogens (primary N) is 1. The Morgan fingerprint density at radius 1 is 1.36 bits per heavy atom. The van der Waals surface area contributed by atoms with Crippen LogP contribution in [-0.2, 0) is 25.6 Å². The van der Waals surface area contributed by atoms with Crippen molar-refractivity contribution in [1.29, 1.82) is 0 Å². The summed E-state index contributed by atoms with van der Waals surface area (Å²) in [6.45, 7) is -3.40. The third-order valence-electron chi connectivity index (χ3n) is 4.47. The van der Waals surface area contributed by atoms with E-state index in [1.807, 2.05) is 0 Å². The van der Waals surface area contributed by atoms with Crippen molar-refractivity contribution in [2.45, 2.75) is 24.5 Å². The molecule has 0 bridgehead atoms. The maximum atomic E-state index is 10.8. The molecular weight excluding hydrogens is 411 g/mol. The van der Waals surface area contributed by atoms with Crippen LogP contribution in [0.3, 0.4) is 0 Å². The number of imidazole rings is 1. The molecule has 0 spiro atoms. The Kier molecular flexibility index (Phi) is 4.72. The van der Waals surface area contributed by atoms with Gasteiger partial charge in [0.15, 0.2) is 34.8 Å². The van der Waals surface area contributed by atoms with Crippen LogP contribution >= 0.6 is 6.72 Å². The molecule has 0 saturated carbocycles. The van der Waals surface area contributed by atoms with Crippen LogP contribution in [0.4, 0.5) is 5.82 Å². The van der Waals surface area contributed by atoms with E-state index in [0.29, 0.717) is 22.7 Å². The highest BCUT2D eigenvalue weighted by Crippen LogP contribution is 2.53. The lowest BCUT2D eigenvalue weighted by Crippen LogP contribution is -2.39. The van der Waals surface area contributed by atoms with Crippen LogP contribution in [0.15, 0.2) is 29.1 Å². The lowest BCUT2D eigenvalue weighted by atomic mass is 10.1. The summed E-state index contributed by atoms with van der Waals surface area (Å²) in [5, 5.41) is 10.8. The molecule has 2 fully saturated rings. The highest BCUT2D eigenvalue weighted by Gasteiger charge is 2.52. The molecule has 0 amide bonds. The van der Waals surface area contributed by atoms with E-state index in [1.165, 1.54) is 12.6 Å². The number of ether oxygens (including phenoxy) is 1. The molecule has 12 nitrogen and oxygen atoms in total. The van der Waals surface area contributed by atoms with Crippen molar-refractivity contribution in [2.24, 2.45) is 0 Å². The van der Waals surface area contributed by atoms with Crippen molar-refractivity contribution in [1.82, 2.24) is 25.7 Å². The number of aliphatic hydroxyl groups is 1. The fourth-order valence-electron chi connectivity index (χ4n) is 3.30. The van der Waals surface area contributed by atoms with Gasteiger partial charge in [-0.05, 0) is 23.9 Å². The molecule has 5 heterocycles. The van der Waals surface area contributed by atoms with Crippen molar-refractivity contribution in [3.05, 3.63) is 24.7 Å². The molecule has 5 rings (SSSR count). The number of fused-ring (bicyclic) bond motifs is 2. The number of anilines is 1. The Hall–Kier alpha value is -1.96. The summed E-state index contributed by atoms with van der Waals surface area (Å²) in [5.41, 5.74) is 6.64. The van der Waals surface area contributed by atoms with Crippen LogP contribution in [0.25, 0.3) is 22.7 Å². The Morgan fingerprint density at radius 2 is 2.18 bits per heavy atom. The number of hydrogen-bond donors (Lipinski definition) is 4. The second-order valence-electron chi connectivity index (χ2n) is 6.10. The van der Waals surface area contributed by atoms with E-state index in [4.69, 9.17) is 35.7 Å². The second kappa shape index (κ2) is 6.83. The number of nitrogens with zero attached hydrogens (tertiary/aromatic N) is 4. The molecule has 150 valence electrons. The van der Waals surface area contributed by atoms with Gasteiger partial charge in [-0.3, -0.25) is 9.09 Å². The van der Waals surface area contributed by atoms with Crippen LogP contribution in [0.2, 0.25) is 0 Å². The van der Waals surface area contributed by atoms with Gasteiger partial charge in [-0.15, -0.1) is 0 Å². The minimum absolute atomic E-state index is 0. The van der Waals surface area contributed by atoms with Gasteiger partial charge in [0.05, 0.1) is 12.9 Å². The van der Waals surface area contributed by atoms with Gasteiger partial charge in [-0.2, -0.15) is 0 Å². The van der Waals surface area contributed by atoms with Crippen LogP contribution < -0.4 is 11.9 Å². The van der Waals surface area contributed by atoms with Gasteiger partial charge in [0, 0.05) is 0 Å². The monoisotopic (exact) mass is 428 g/mol. The van der Waals surface area contributed by atoms with E-state index in [2.05, 4.69) is 15.0 Å². The first-order valence-corrected chi connectivity index (χ1v) is 10.6. The maximum absolute atomic E-state index is 10.8. The largest absolute Gasteiger partial charge is 0.461 e. The van der Waals surface area contributed by atoms with Gasteiger partial charge >= 0.3 is 6.72 Å². The highest BCUT2D eigenvalue weighted by molar-refractivity contribution is 8.07. The summed E-state index contributed by atoms with van der Waals surface area (Å²) in [6.07, 6.45) is -0.760. The summed E-state index contributed by atoms with van der Waals surface area (Å²) in [6, 6.07) is 3.42. The van der Waals surface area contributed by atoms with Crippen molar-refractivity contribution in [3.8, 4) is 11.6 Å². The van der Waals surface area contributed by atoms with Crippen LogP contribution in [0, 0.1) is 0 Å². The Balaban J connectivity index is 0.00000192. The van der Waals surface area contributed by atoms with Gasteiger partial charge in [0.1, 0.15) is 24.6 Å². The topological polar surface area (TPSA) is 186 Å². The van der Waals surface area contributed by atoms with E-state index in [-0.39, 0.29) is 18.6 Å². The molecule has 28 heavy (non-hydrogen) atoms. The van der Waals surface area contributed by atoms with Gasteiger partial charge < -0.3 is 35.6 Å². The zero-order chi connectivity index (χ0) is 18.8. The summed E-state index contributed by atoms with van der Waals surface area (Å²) in [4.78, 5) is 22.6. The molecular formula is C14H17N6O6PS. The maximum Gasteiger partial charge on any atom is 0.325 e. The van der Waals surface area contributed by atoms with Crippen molar-refractivity contribution < 1.29 is 28.2 Å². The predicted molar refractivity (Wildman–Crippen MR) is 99.7 cm³/mol. The van der Waals surface area contributed by atoms with Crippen LogP contribution in [0.1, 0.15) is 6.23 Å². The predicted octanol–water partition coefficient (Wildman–Crippen LogP) is 0.721. The first kappa shape index (κ1) is 19.4. The van der Waals surface area contributed by atoms with E-state index in [1.54, 1.807) is 16.7 Å². The van der Waals surface area contributed by atoms with E-state index < -0.39 is 31.3 Å². The second-order valence-corrected chi connectivity index (χ2v) is 8.89. The number of aromatic nitrogens is 4. The third kappa shape index (κ3) is 2.93. The van der Waals surface area contributed by atoms with Crippen molar-refractivity contribution >= 4 is 35.5 Å². The van der Waals surface area contributed by atoms with Gasteiger partial charge in [0.2, 0.25) is 0 Å². The average Bonchev–Trinajstić information content (AvgIpc) is 3.33. The van der Waals surface area contributed by atoms with Gasteiger partial charge in [-0.1, -0.05) is 0 Å². The molecule has 2 aliphatic rings. The first-order chi connectivity index (χ1) is 12.9. The van der Waals surface area contributed by atoms with Gasteiger partial charge in [-0.25, -0.2) is 15.0 Å². The number of rotatable bonds is 2. The molecule has 3 aromatic rings. The summed E-state index contributed by atoms with van der Waals surface area (Å²) in [7, 11) is 0. The minimum atomic E-state index is -3.41. The molecule has 7 N–H and O–H groups in total. The zero-order valence-corrected chi connectivity index (χ0v) is 16.0. The fraction of sp³-hybridized carbons (Fsp3) is 0.357. The smallest absolute Gasteiger partial charge is 0.325 e. The van der Waals surface area contributed by atoms with Crippen LogP contribution in [-0.4, -0.2) is 54.4 Å². The Morgan fingerprint density at radius 3 is 2.93 bits per heavy atom. The molecule has 5 atom stereocenters. The minimum Gasteiger partial charge on any atom is -0.461 e. The molecule has 14 heteroatoms. The molecule has 0 aliphatic carbocycles. The molecule has 2 saturated heterocycles. The SMILES string of the molecule is N.Nc1ncnc2c1nc(-c1ccco1)n2[C@@H]1O[C@@H]2COP(O)(=S)O[C@H]2[C@H]1O. The summed E-state index contributed by atoms with van der Waals surface area (Å²) in [5.74, 6) is 0.971. The van der Waals surface area contributed by atoms with E-state index >= 15 is 0 Å². The summed E-state index contributed by atoms with van der Waals surface area (Å²) >= 11 is 4.88. The first-order valence-electron chi connectivity index (χ1n) is 7.96. The van der Waals surface area contributed by atoms with Crippen molar-refractivity contribution in [3.63, 3.8) is 0 Å². The molecule has 2 aliphatic heterocycles. The summed E-state index contributed by atoms with van der Waals surface area (Å²) < 4.78 is 23.5. The van der Waals surface area contributed by atoms with E-state index in [0.717, 1.165) is 0 Å². The molecule has 0 aromatic carbocycles. The van der Waals surface area contributed by atoms with E-state index in [9.17, 15) is 10.00 Å². The Labute approximate surface area is 163 Å². The van der Waals surface area contributed by atoms with Gasteiger partial charge in [0.25, 0.3) is 0 Å². The molecule has 3 aromatic heterocycles. The third-order valence-corrected chi connectivity index (χ3v) is 6.03. The quantitative estimate of drug-likeness (QED) is 0.420. The Bertz CT molecular complexity index is 1060. The standard InChI is InChI=1S/C14H14N5O6PS.H3N/c15-11-8-13(17-5-16-11)19(12(18-8)6-2-1-3-22-6)14-9(20)10-7(24-14)4-23-26(21,27)25-10;/h1-3,5,7,9-10,14,20H,4H2,(H,21,27)(H2,15,16,17);1H3/t7-,9-,10-,14-,26?;/m1./s1. The number of nitrogen functional groups attached to an aromatic ring is 1. The lowest BCUT2D eigenvalue weighted by Gasteiger charge is -2.30. The zero-order valence-electron chi connectivity index (χ0n) is 14.3. The van der Waals surface area contributed by atoms with Crippen molar-refractivity contribution in [2.75, 3.05) is 12.3 Å². The van der Waals surface area contributed by atoms with Crippen LogP contribution in [0.5, 0.6) is 0 Å². The molecule has 0 radical (unpaired) electrons. The normalized spacial score (nSPS) is 32.2. The number of furan rings is 1. The number of hydrogen-bond acceptors (Lipinski definition) is 11. The highest BCUT2D eigenvalue weighted by atomic mass is 32.5. The lowest BCUT2D eigenvalue weighted by molar-refractivity contribution is -0.0588. The number of aliphatic hydroxyl groups excluding tert-OH is 1. The average molecular weight is 428 g/mol.